The number of ether oxygens (including phenoxy) is 1. The van der Waals surface area contributed by atoms with Crippen molar-refractivity contribution in [3.63, 3.8) is 0 Å². The van der Waals surface area contributed by atoms with E-state index in [4.69, 9.17) is 10.6 Å². The molecular formula is C13H21Cl2N3O2. The molecule has 0 bridgehead atoms. The minimum absolute atomic E-state index is 0. The quantitative estimate of drug-likeness (QED) is 0.660. The zero-order valence-corrected chi connectivity index (χ0v) is 12.8. The maximum Gasteiger partial charge on any atom is 0.410 e. The maximum atomic E-state index is 11.8. The fourth-order valence-corrected chi connectivity index (χ4v) is 2.04. The number of benzene rings is 1. The van der Waals surface area contributed by atoms with Gasteiger partial charge in [-0.2, -0.15) is 0 Å². The van der Waals surface area contributed by atoms with Crippen LogP contribution in [0.3, 0.4) is 0 Å². The summed E-state index contributed by atoms with van der Waals surface area (Å²) in [6, 6.07) is 10.00. The van der Waals surface area contributed by atoms with Crippen molar-refractivity contribution >= 4 is 30.9 Å². The van der Waals surface area contributed by atoms with E-state index in [1.54, 1.807) is 4.90 Å². The van der Waals surface area contributed by atoms with Gasteiger partial charge in [0.25, 0.3) is 0 Å². The van der Waals surface area contributed by atoms with Crippen molar-refractivity contribution in [2.24, 2.45) is 5.84 Å². The minimum atomic E-state index is -0.241. The molecule has 1 amide bonds. The van der Waals surface area contributed by atoms with Crippen LogP contribution in [0.15, 0.2) is 30.3 Å². The van der Waals surface area contributed by atoms with Gasteiger partial charge < -0.3 is 9.64 Å². The fourth-order valence-electron chi connectivity index (χ4n) is 2.04. The summed E-state index contributed by atoms with van der Waals surface area (Å²) in [6.45, 7) is 1.72. The third-order valence-electron chi connectivity index (χ3n) is 3.19. The molecule has 1 saturated heterocycles. The van der Waals surface area contributed by atoms with Gasteiger partial charge in [0, 0.05) is 19.1 Å². The molecule has 1 fully saturated rings. The van der Waals surface area contributed by atoms with Gasteiger partial charge in [0.1, 0.15) is 6.61 Å². The first-order chi connectivity index (χ1) is 8.79. The molecule has 20 heavy (non-hydrogen) atoms. The second kappa shape index (κ2) is 9.83. The number of likely N-dealkylation sites (tertiary alicyclic amines) is 1. The summed E-state index contributed by atoms with van der Waals surface area (Å²) in [6.07, 6.45) is 1.50. The average Bonchev–Trinajstić information content (AvgIpc) is 2.46. The number of carbonyl (C=O) groups is 1. The molecule has 1 aliphatic rings. The fraction of sp³-hybridized carbons (Fsp3) is 0.462. The molecule has 5 nitrogen and oxygen atoms in total. The predicted molar refractivity (Wildman–Crippen MR) is 83.0 cm³/mol. The van der Waals surface area contributed by atoms with Gasteiger partial charge in [0.05, 0.1) is 0 Å². The highest BCUT2D eigenvalue weighted by molar-refractivity contribution is 5.85. The minimum Gasteiger partial charge on any atom is -0.445 e. The zero-order valence-electron chi connectivity index (χ0n) is 11.2. The van der Waals surface area contributed by atoms with Crippen LogP contribution < -0.4 is 11.3 Å². The Hall–Kier alpha value is -1.01. The van der Waals surface area contributed by atoms with Crippen molar-refractivity contribution in [1.82, 2.24) is 10.3 Å². The molecule has 3 N–H and O–H groups in total. The van der Waals surface area contributed by atoms with Crippen molar-refractivity contribution < 1.29 is 9.53 Å². The number of hydrazine groups is 1. The van der Waals surface area contributed by atoms with E-state index >= 15 is 0 Å². The van der Waals surface area contributed by atoms with Crippen LogP contribution in [0.1, 0.15) is 18.4 Å². The summed E-state index contributed by atoms with van der Waals surface area (Å²) in [5.74, 6) is 5.37. The molecule has 2 rings (SSSR count). The molecule has 114 valence electrons. The van der Waals surface area contributed by atoms with E-state index in [1.807, 2.05) is 30.3 Å². The van der Waals surface area contributed by atoms with Crippen molar-refractivity contribution in [1.29, 1.82) is 0 Å². The Labute approximate surface area is 131 Å². The first-order valence-electron chi connectivity index (χ1n) is 6.21. The van der Waals surface area contributed by atoms with Crippen LogP contribution in [0.4, 0.5) is 4.79 Å². The van der Waals surface area contributed by atoms with Crippen molar-refractivity contribution in [2.45, 2.75) is 25.5 Å². The lowest BCUT2D eigenvalue weighted by molar-refractivity contribution is 0.0853. The molecule has 0 saturated carbocycles. The molecule has 0 unspecified atom stereocenters. The van der Waals surface area contributed by atoms with Crippen LogP contribution in [-0.2, 0) is 11.3 Å². The molecule has 1 aromatic carbocycles. The van der Waals surface area contributed by atoms with E-state index in [1.165, 1.54) is 0 Å². The van der Waals surface area contributed by atoms with Crippen LogP contribution >= 0.6 is 24.8 Å². The Kier molecular flexibility index (Phi) is 9.33. The highest BCUT2D eigenvalue weighted by Crippen LogP contribution is 2.11. The average molecular weight is 322 g/mol. The summed E-state index contributed by atoms with van der Waals surface area (Å²) in [5.41, 5.74) is 3.75. The number of amides is 1. The van der Waals surface area contributed by atoms with E-state index in [2.05, 4.69) is 5.43 Å². The smallest absolute Gasteiger partial charge is 0.410 e. The number of nitrogens with one attached hydrogen (secondary N) is 1. The summed E-state index contributed by atoms with van der Waals surface area (Å²) in [7, 11) is 0. The third kappa shape index (κ3) is 5.54. The largest absolute Gasteiger partial charge is 0.445 e. The molecule has 1 aromatic rings. The van der Waals surface area contributed by atoms with Gasteiger partial charge in [-0.25, -0.2) is 4.79 Å². The van der Waals surface area contributed by atoms with Crippen LogP contribution in [0.5, 0.6) is 0 Å². The van der Waals surface area contributed by atoms with Crippen LogP contribution in [0.25, 0.3) is 0 Å². The highest BCUT2D eigenvalue weighted by Gasteiger charge is 2.22. The number of hydrogen-bond donors (Lipinski definition) is 2. The molecular weight excluding hydrogens is 301 g/mol. The van der Waals surface area contributed by atoms with Gasteiger partial charge in [-0.3, -0.25) is 11.3 Å². The van der Waals surface area contributed by atoms with Crippen molar-refractivity contribution in [3.8, 4) is 0 Å². The first-order valence-corrected chi connectivity index (χ1v) is 6.21. The Balaban J connectivity index is 0.00000180. The Morgan fingerprint density at radius 2 is 1.85 bits per heavy atom. The molecule has 0 aromatic heterocycles. The topological polar surface area (TPSA) is 67.6 Å². The SMILES string of the molecule is Cl.Cl.NNC1CCN(C(=O)OCc2ccccc2)CC1. The van der Waals surface area contributed by atoms with Crippen LogP contribution in [0, 0.1) is 0 Å². The zero-order chi connectivity index (χ0) is 12.8. The number of carbonyl (C=O) groups excluding carboxylic acids is 1. The van der Waals surface area contributed by atoms with Gasteiger partial charge in [0.15, 0.2) is 0 Å². The lowest BCUT2D eigenvalue weighted by Gasteiger charge is -2.30. The summed E-state index contributed by atoms with van der Waals surface area (Å²) in [5, 5.41) is 0. The van der Waals surface area contributed by atoms with Gasteiger partial charge in [-0.15, -0.1) is 24.8 Å². The van der Waals surface area contributed by atoms with E-state index < -0.39 is 0 Å². The van der Waals surface area contributed by atoms with Gasteiger partial charge in [-0.1, -0.05) is 30.3 Å². The van der Waals surface area contributed by atoms with E-state index in [0.717, 1.165) is 18.4 Å². The Morgan fingerprint density at radius 3 is 2.40 bits per heavy atom. The number of piperidine rings is 1. The maximum absolute atomic E-state index is 11.8. The monoisotopic (exact) mass is 321 g/mol. The van der Waals surface area contributed by atoms with Crippen LogP contribution in [0.2, 0.25) is 0 Å². The molecule has 0 radical (unpaired) electrons. The first kappa shape index (κ1) is 19.0. The van der Waals surface area contributed by atoms with E-state index in [9.17, 15) is 4.79 Å². The molecule has 0 spiro atoms. The second-order valence-corrected chi connectivity index (χ2v) is 4.47. The molecule has 0 aliphatic carbocycles. The van der Waals surface area contributed by atoms with Crippen molar-refractivity contribution in [2.75, 3.05) is 13.1 Å². The second-order valence-electron chi connectivity index (χ2n) is 4.47. The Bertz CT molecular complexity index is 384. The molecule has 0 atom stereocenters. The van der Waals surface area contributed by atoms with Gasteiger partial charge in [0.2, 0.25) is 0 Å². The van der Waals surface area contributed by atoms with E-state index in [-0.39, 0.29) is 30.9 Å². The normalized spacial score (nSPS) is 14.9. The number of rotatable bonds is 3. The Morgan fingerprint density at radius 1 is 1.25 bits per heavy atom. The van der Waals surface area contributed by atoms with Gasteiger partial charge in [-0.05, 0) is 18.4 Å². The van der Waals surface area contributed by atoms with Gasteiger partial charge >= 0.3 is 6.09 Å². The molecule has 1 heterocycles. The van der Waals surface area contributed by atoms with Crippen LogP contribution in [-0.4, -0.2) is 30.1 Å². The van der Waals surface area contributed by atoms with Crippen molar-refractivity contribution in [3.05, 3.63) is 35.9 Å². The standard InChI is InChI=1S/C13H19N3O2.2ClH/c14-15-12-6-8-16(9-7-12)13(17)18-10-11-4-2-1-3-5-11;;/h1-5,12,15H,6-10,14H2;2*1H. The summed E-state index contributed by atoms with van der Waals surface area (Å²) < 4.78 is 5.27. The highest BCUT2D eigenvalue weighted by atomic mass is 35.5. The lowest BCUT2D eigenvalue weighted by Crippen LogP contribution is -2.47. The van der Waals surface area contributed by atoms with E-state index in [0.29, 0.717) is 25.7 Å². The lowest BCUT2D eigenvalue weighted by atomic mass is 10.1. The summed E-state index contributed by atoms with van der Waals surface area (Å²) in [4.78, 5) is 13.6. The third-order valence-corrected chi connectivity index (χ3v) is 3.19. The predicted octanol–water partition coefficient (Wildman–Crippen LogP) is 2.09. The summed E-state index contributed by atoms with van der Waals surface area (Å²) >= 11 is 0. The number of nitrogens with zero attached hydrogens (tertiary/aromatic N) is 1. The molecule has 1 aliphatic heterocycles. The number of nitrogens with two attached hydrogens (primary N) is 1. The number of halogens is 2. The number of hydrogen-bond acceptors (Lipinski definition) is 4. The molecule has 7 heteroatoms.